The Kier molecular flexibility index (Phi) is 18.9. The molecule has 0 spiro atoms. The van der Waals surface area contributed by atoms with Crippen molar-refractivity contribution < 1.29 is 0 Å². The van der Waals surface area contributed by atoms with Crippen molar-refractivity contribution in [1.82, 2.24) is 0 Å². The lowest BCUT2D eigenvalue weighted by atomic mass is 9.33. The monoisotopic (exact) mass is 1500 g/mol. The molecule has 0 saturated carbocycles. The van der Waals surface area contributed by atoms with Crippen LogP contribution in [0.1, 0.15) is 79.0 Å². The molecule has 2 aliphatic rings. The van der Waals surface area contributed by atoms with Crippen molar-refractivity contribution >= 4 is 57.2 Å². The lowest BCUT2D eigenvalue weighted by molar-refractivity contribution is 0.590. The Morgan fingerprint density at radius 2 is 0.419 bits per heavy atom. The van der Waals surface area contributed by atoms with Gasteiger partial charge in [0.15, 0.2) is 0 Å². The second-order valence-electron chi connectivity index (χ2n) is 34.7. The maximum absolute atomic E-state index is 2.67. The Morgan fingerprint density at radius 3 is 0.650 bits per heavy atom. The first kappa shape index (κ1) is 73.6. The smallest absolute Gasteiger partial charge is 0.252 e. The van der Waals surface area contributed by atoms with Crippen LogP contribution in [-0.2, 0) is 16.2 Å². The zero-order valence-corrected chi connectivity index (χ0v) is 68.1. The molecule has 2 aliphatic heterocycles. The molecule has 17 aromatic rings. The highest BCUT2D eigenvalue weighted by molar-refractivity contribution is 7.00. The molecular weight excluding hydrogens is 1410 g/mol. The average Bonchev–Trinajstić information content (AvgIpc) is 0.689. The lowest BCUT2D eigenvalue weighted by Crippen LogP contribution is -2.61. The fourth-order valence-electron chi connectivity index (χ4n) is 18.7. The van der Waals surface area contributed by atoms with Gasteiger partial charge in [-0.05, 0) is 256 Å². The van der Waals surface area contributed by atoms with Gasteiger partial charge in [-0.3, -0.25) is 0 Å². The average molecular weight is 1500 g/mol. The third-order valence-electron chi connectivity index (χ3n) is 23.9. The Bertz CT molecular complexity index is 5910. The van der Waals surface area contributed by atoms with Crippen LogP contribution >= 0.6 is 0 Å². The van der Waals surface area contributed by atoms with E-state index in [1.54, 1.807) is 0 Å². The molecular formula is C114H93BN2. The van der Waals surface area contributed by atoms with Crippen molar-refractivity contribution in [1.29, 1.82) is 0 Å². The molecule has 17 aromatic carbocycles. The Labute approximate surface area is 691 Å². The molecule has 19 rings (SSSR count). The standard InChI is InChI=1S/C114H93BN2/c1-112(2,3)90-70-105-111-106(71-90)117(92-74-95(80-48-28-14-29-49-80)108(96(75-92)81-50-30-15-31-51-81)89-66-99(84-56-36-18-37-57-84)110(114(7,8)9)100(67-89)85-58-38-19-39-59-85)104-63-61-87(77-42-22-11-23-43-77)69-102(104)115(111)101-68-86(76-40-20-10-21-41-76)60-62-103(101)116(105)91-72-93(78-44-24-12-25-45-78)107(94(73-91)79-46-26-13-27-47-79)88-64-97(82-52-32-16-33-53-82)109(113(4,5)6)98(65-88)83-54-34-17-35-55-83/h10-75H,1-9H3. The number of fused-ring (bicyclic) bond motifs is 4. The summed E-state index contributed by atoms with van der Waals surface area (Å²) in [5.74, 6) is 0. The van der Waals surface area contributed by atoms with Gasteiger partial charge in [-0.25, -0.2) is 0 Å². The topological polar surface area (TPSA) is 6.48 Å². The summed E-state index contributed by atoms with van der Waals surface area (Å²) in [6, 6.07) is 151. The summed E-state index contributed by atoms with van der Waals surface area (Å²) in [7, 11) is 0. The van der Waals surface area contributed by atoms with Crippen molar-refractivity contribution in [2.45, 2.75) is 78.6 Å². The molecule has 117 heavy (non-hydrogen) atoms. The molecule has 0 unspecified atom stereocenters. The molecule has 0 bridgehead atoms. The normalized spacial score (nSPS) is 12.4. The minimum Gasteiger partial charge on any atom is -0.311 e. The highest BCUT2D eigenvalue weighted by atomic mass is 15.2. The largest absolute Gasteiger partial charge is 0.311 e. The molecule has 0 atom stereocenters. The zero-order chi connectivity index (χ0) is 79.7. The minimum atomic E-state index is -0.325. The maximum atomic E-state index is 2.67. The van der Waals surface area contributed by atoms with Gasteiger partial charge in [-0.1, -0.05) is 390 Å². The van der Waals surface area contributed by atoms with E-state index in [2.05, 4.69) is 472 Å². The van der Waals surface area contributed by atoms with E-state index in [0.717, 1.165) is 89.8 Å². The van der Waals surface area contributed by atoms with Gasteiger partial charge in [0.25, 0.3) is 6.71 Å². The first-order valence-corrected chi connectivity index (χ1v) is 41.3. The molecule has 0 amide bonds. The predicted octanol–water partition coefficient (Wildman–Crippen LogP) is 29.7. The number of hydrogen-bond donors (Lipinski definition) is 0. The van der Waals surface area contributed by atoms with E-state index in [1.165, 1.54) is 111 Å². The molecule has 0 aliphatic carbocycles. The zero-order valence-electron chi connectivity index (χ0n) is 68.1. The van der Waals surface area contributed by atoms with Crippen LogP contribution in [-0.4, -0.2) is 6.71 Å². The van der Waals surface area contributed by atoms with E-state index in [-0.39, 0.29) is 23.0 Å². The summed E-state index contributed by atoms with van der Waals surface area (Å²) in [6.07, 6.45) is 0. The summed E-state index contributed by atoms with van der Waals surface area (Å²) in [5, 5.41) is 0. The van der Waals surface area contributed by atoms with Gasteiger partial charge in [-0.15, -0.1) is 0 Å². The van der Waals surface area contributed by atoms with E-state index < -0.39 is 0 Å². The van der Waals surface area contributed by atoms with E-state index in [4.69, 9.17) is 0 Å². The first-order valence-electron chi connectivity index (χ1n) is 41.3. The van der Waals surface area contributed by atoms with Crippen LogP contribution < -0.4 is 26.2 Å². The maximum Gasteiger partial charge on any atom is 0.252 e. The highest BCUT2D eigenvalue weighted by Crippen LogP contribution is 2.56. The Hall–Kier alpha value is -13.6. The number of benzene rings is 17. The van der Waals surface area contributed by atoms with Gasteiger partial charge in [0.1, 0.15) is 0 Å². The molecule has 0 N–H and O–H groups in total. The number of nitrogens with zero attached hydrogens (tertiary/aromatic N) is 2. The van der Waals surface area contributed by atoms with Gasteiger partial charge in [0.05, 0.1) is 0 Å². The summed E-state index contributed by atoms with van der Waals surface area (Å²) >= 11 is 0. The molecule has 0 radical (unpaired) electrons. The summed E-state index contributed by atoms with van der Waals surface area (Å²) in [5.41, 5.74) is 41.5. The van der Waals surface area contributed by atoms with Gasteiger partial charge in [0, 0.05) is 34.1 Å². The molecule has 3 heteroatoms. The van der Waals surface area contributed by atoms with Crippen molar-refractivity contribution in [3.8, 4) is 134 Å². The molecule has 0 fully saturated rings. The number of hydrogen-bond acceptors (Lipinski definition) is 2. The second kappa shape index (κ2) is 30.0. The van der Waals surface area contributed by atoms with Crippen molar-refractivity contribution in [2.75, 3.05) is 9.80 Å². The van der Waals surface area contributed by atoms with Crippen LogP contribution in [0, 0.1) is 0 Å². The first-order chi connectivity index (χ1) is 57.0. The Morgan fingerprint density at radius 1 is 0.188 bits per heavy atom. The summed E-state index contributed by atoms with van der Waals surface area (Å²) in [6.45, 7) is 21.1. The fraction of sp³-hybridized carbons (Fsp3) is 0.105. The minimum absolute atomic E-state index is 0.222. The number of anilines is 6. The van der Waals surface area contributed by atoms with Crippen LogP contribution in [0.4, 0.5) is 34.1 Å². The molecule has 0 saturated heterocycles. The molecule has 2 heterocycles. The fourth-order valence-corrected chi connectivity index (χ4v) is 18.7. The third kappa shape index (κ3) is 13.7. The van der Waals surface area contributed by atoms with E-state index in [9.17, 15) is 0 Å². The van der Waals surface area contributed by atoms with Crippen molar-refractivity contribution in [3.05, 3.63) is 417 Å². The molecule has 2 nitrogen and oxygen atoms in total. The van der Waals surface area contributed by atoms with E-state index >= 15 is 0 Å². The van der Waals surface area contributed by atoms with Crippen LogP contribution in [0.25, 0.3) is 134 Å². The molecule has 562 valence electrons. The molecule has 0 aromatic heterocycles. The van der Waals surface area contributed by atoms with Crippen molar-refractivity contribution in [3.63, 3.8) is 0 Å². The Balaban J connectivity index is 0.942. The highest BCUT2D eigenvalue weighted by Gasteiger charge is 2.46. The van der Waals surface area contributed by atoms with Gasteiger partial charge >= 0.3 is 0 Å². The van der Waals surface area contributed by atoms with Crippen LogP contribution in [0.5, 0.6) is 0 Å². The lowest BCUT2D eigenvalue weighted by Gasteiger charge is -2.45. The van der Waals surface area contributed by atoms with Crippen LogP contribution in [0.15, 0.2) is 400 Å². The van der Waals surface area contributed by atoms with Crippen molar-refractivity contribution in [2.24, 2.45) is 0 Å². The van der Waals surface area contributed by atoms with Crippen LogP contribution in [0.2, 0.25) is 0 Å². The van der Waals surface area contributed by atoms with Gasteiger partial charge in [0.2, 0.25) is 0 Å². The van der Waals surface area contributed by atoms with Crippen LogP contribution in [0.3, 0.4) is 0 Å². The van der Waals surface area contributed by atoms with E-state index in [1.807, 2.05) is 0 Å². The summed E-state index contributed by atoms with van der Waals surface area (Å²) in [4.78, 5) is 5.33. The number of rotatable bonds is 14. The van der Waals surface area contributed by atoms with E-state index in [0.29, 0.717) is 0 Å². The predicted molar refractivity (Wildman–Crippen MR) is 502 cm³/mol. The second-order valence-corrected chi connectivity index (χ2v) is 34.7. The quantitative estimate of drug-likeness (QED) is 0.100. The SMILES string of the molecule is CC(C)(C)c1cc2c3c(c1)N(c1cc(-c4ccccc4)c(-c4cc(-c5ccccc5)c(C(C)(C)C)c(-c5ccccc5)c4)c(-c4ccccc4)c1)c1ccc(-c4ccccc4)cc1B3c1cc(-c3ccccc3)ccc1N2c1cc(-c2ccccc2)c(-c2cc(-c3ccccc3)c(C(C)(C)C)c(-c3ccccc3)c2)c(-c2ccccc2)c1. The van der Waals surface area contributed by atoms with Gasteiger partial charge in [-0.2, -0.15) is 0 Å². The third-order valence-corrected chi connectivity index (χ3v) is 23.9. The van der Waals surface area contributed by atoms with Gasteiger partial charge < -0.3 is 9.80 Å². The summed E-state index contributed by atoms with van der Waals surface area (Å²) < 4.78 is 0.